The minimum Gasteiger partial charge on any atom is -0.361 e. The van der Waals surface area contributed by atoms with Crippen molar-refractivity contribution in [2.45, 2.75) is 44.7 Å². The van der Waals surface area contributed by atoms with E-state index in [4.69, 9.17) is 0 Å². The first kappa shape index (κ1) is 19.9. The lowest BCUT2D eigenvalue weighted by atomic mass is 10.1. The van der Waals surface area contributed by atoms with E-state index in [9.17, 15) is 9.59 Å². The second kappa shape index (κ2) is 8.58. The summed E-state index contributed by atoms with van der Waals surface area (Å²) in [5.74, 6) is 0.388. The molecule has 0 radical (unpaired) electrons. The van der Waals surface area contributed by atoms with E-state index >= 15 is 0 Å². The number of aromatic amines is 1. The van der Waals surface area contributed by atoms with Crippen LogP contribution >= 0.6 is 0 Å². The van der Waals surface area contributed by atoms with Crippen LogP contribution in [0.25, 0.3) is 10.9 Å². The summed E-state index contributed by atoms with van der Waals surface area (Å²) in [6.45, 7) is 1.41. The van der Waals surface area contributed by atoms with Gasteiger partial charge < -0.3 is 14.8 Å². The molecule has 160 valence electrons. The summed E-state index contributed by atoms with van der Waals surface area (Å²) in [5.41, 5.74) is 3.45. The molecule has 2 aromatic carbocycles. The normalized spacial score (nSPS) is 15.7. The molecule has 0 spiro atoms. The third kappa shape index (κ3) is 4.66. The molecule has 5 heteroatoms. The molecule has 2 fully saturated rings. The first-order valence-corrected chi connectivity index (χ1v) is 11.4. The fourth-order valence-electron chi connectivity index (χ4n) is 4.27. The zero-order chi connectivity index (χ0) is 21.2. The predicted molar refractivity (Wildman–Crippen MR) is 121 cm³/mol. The molecule has 0 unspecified atom stereocenters. The molecule has 0 bridgehead atoms. The summed E-state index contributed by atoms with van der Waals surface area (Å²) in [6, 6.07) is 18.6. The molecule has 0 saturated heterocycles. The summed E-state index contributed by atoms with van der Waals surface area (Å²) in [6.07, 6.45) is 6.83. The Balaban J connectivity index is 1.32. The van der Waals surface area contributed by atoms with E-state index in [1.807, 2.05) is 46.3 Å². The number of amides is 2. The fourth-order valence-corrected chi connectivity index (χ4v) is 4.27. The molecular formula is C26H29N3O2. The van der Waals surface area contributed by atoms with Gasteiger partial charge in [-0.15, -0.1) is 0 Å². The van der Waals surface area contributed by atoms with Crippen molar-refractivity contribution >= 4 is 22.7 Å². The average Bonchev–Trinajstić information content (AvgIpc) is 3.72. The van der Waals surface area contributed by atoms with Crippen LogP contribution in [0.15, 0.2) is 60.8 Å². The third-order valence-corrected chi connectivity index (χ3v) is 6.40. The van der Waals surface area contributed by atoms with Crippen molar-refractivity contribution in [1.29, 1.82) is 0 Å². The molecule has 2 aliphatic carbocycles. The topological polar surface area (TPSA) is 56.4 Å². The number of fused-ring (bicyclic) bond motifs is 1. The highest BCUT2D eigenvalue weighted by Gasteiger charge is 2.41. The predicted octanol–water partition coefficient (Wildman–Crippen LogP) is 4.14. The zero-order valence-electron chi connectivity index (χ0n) is 17.8. The molecule has 5 nitrogen and oxygen atoms in total. The second-order valence-corrected chi connectivity index (χ2v) is 8.88. The maximum absolute atomic E-state index is 13.4. The van der Waals surface area contributed by atoms with Crippen LogP contribution < -0.4 is 0 Å². The fraction of sp³-hybridized carbons (Fsp3) is 0.385. The number of aromatic nitrogens is 1. The molecule has 1 heterocycles. The molecule has 3 aromatic rings. The van der Waals surface area contributed by atoms with E-state index in [0.717, 1.165) is 43.2 Å². The van der Waals surface area contributed by atoms with Gasteiger partial charge in [0, 0.05) is 42.1 Å². The molecule has 1 N–H and O–H groups in total. The van der Waals surface area contributed by atoms with Gasteiger partial charge in [-0.1, -0.05) is 48.5 Å². The summed E-state index contributed by atoms with van der Waals surface area (Å²) < 4.78 is 0. The zero-order valence-corrected chi connectivity index (χ0v) is 17.8. The first-order chi connectivity index (χ1) is 15.2. The van der Waals surface area contributed by atoms with Crippen molar-refractivity contribution in [1.82, 2.24) is 14.8 Å². The van der Waals surface area contributed by atoms with E-state index in [-0.39, 0.29) is 30.3 Å². The van der Waals surface area contributed by atoms with Crippen molar-refractivity contribution in [2.75, 3.05) is 13.1 Å². The molecule has 2 aliphatic rings. The van der Waals surface area contributed by atoms with E-state index in [0.29, 0.717) is 13.1 Å². The van der Waals surface area contributed by atoms with Crippen LogP contribution in [0.2, 0.25) is 0 Å². The van der Waals surface area contributed by atoms with Crippen molar-refractivity contribution in [3.05, 3.63) is 71.9 Å². The van der Waals surface area contributed by atoms with E-state index < -0.39 is 0 Å². The number of nitrogens with zero attached hydrogens (tertiary/aromatic N) is 2. The third-order valence-electron chi connectivity index (χ3n) is 6.40. The molecular weight excluding hydrogens is 386 g/mol. The van der Waals surface area contributed by atoms with Crippen LogP contribution in [0, 0.1) is 5.92 Å². The highest BCUT2D eigenvalue weighted by Crippen LogP contribution is 2.36. The van der Waals surface area contributed by atoms with E-state index in [1.165, 1.54) is 10.9 Å². The standard InChI is InChI=1S/C26H29N3O2/c30-25(18-29(22-12-13-22)26(31)20-10-11-20)28(17-19-6-2-1-3-7-19)15-14-21-16-27-24-9-5-4-8-23(21)24/h1-9,16,20,22,27H,10-15,17-18H2. The highest BCUT2D eigenvalue weighted by atomic mass is 16.2. The monoisotopic (exact) mass is 415 g/mol. The van der Waals surface area contributed by atoms with Gasteiger partial charge >= 0.3 is 0 Å². The number of carbonyl (C=O) groups is 2. The number of benzene rings is 2. The molecule has 0 aliphatic heterocycles. The van der Waals surface area contributed by atoms with Crippen LogP contribution in [0.4, 0.5) is 0 Å². The Labute approximate surface area is 183 Å². The Morgan fingerprint density at radius 1 is 0.935 bits per heavy atom. The Hall–Kier alpha value is -3.08. The Morgan fingerprint density at radius 2 is 1.68 bits per heavy atom. The van der Waals surface area contributed by atoms with Crippen molar-refractivity contribution < 1.29 is 9.59 Å². The Morgan fingerprint density at radius 3 is 2.42 bits per heavy atom. The summed E-state index contributed by atoms with van der Waals surface area (Å²) >= 11 is 0. The lowest BCUT2D eigenvalue weighted by Gasteiger charge is -2.28. The van der Waals surface area contributed by atoms with Crippen molar-refractivity contribution in [2.24, 2.45) is 5.92 Å². The molecule has 0 atom stereocenters. The van der Waals surface area contributed by atoms with Gasteiger partial charge in [0.05, 0.1) is 0 Å². The number of carbonyl (C=O) groups excluding carboxylic acids is 2. The SMILES string of the molecule is O=C(CN(C(=O)C1CC1)C1CC1)N(CCc1c[nH]c2ccccc12)Cc1ccccc1. The van der Waals surface area contributed by atoms with Gasteiger partial charge in [0.2, 0.25) is 11.8 Å². The number of hydrogen-bond acceptors (Lipinski definition) is 2. The van der Waals surface area contributed by atoms with Gasteiger partial charge in [-0.2, -0.15) is 0 Å². The number of H-pyrrole nitrogens is 1. The van der Waals surface area contributed by atoms with Gasteiger partial charge in [0.15, 0.2) is 0 Å². The van der Waals surface area contributed by atoms with Gasteiger partial charge in [-0.25, -0.2) is 0 Å². The number of para-hydroxylation sites is 1. The molecule has 5 rings (SSSR count). The maximum Gasteiger partial charge on any atom is 0.242 e. The van der Waals surface area contributed by atoms with Crippen LogP contribution in [0.5, 0.6) is 0 Å². The lowest BCUT2D eigenvalue weighted by Crippen LogP contribution is -2.44. The van der Waals surface area contributed by atoms with Gasteiger partial charge in [0.1, 0.15) is 6.54 Å². The second-order valence-electron chi connectivity index (χ2n) is 8.88. The number of hydrogen-bond donors (Lipinski definition) is 1. The van der Waals surface area contributed by atoms with Crippen molar-refractivity contribution in [3.63, 3.8) is 0 Å². The van der Waals surface area contributed by atoms with Crippen LogP contribution in [0.3, 0.4) is 0 Å². The maximum atomic E-state index is 13.4. The summed E-state index contributed by atoms with van der Waals surface area (Å²) in [5, 5.41) is 1.21. The van der Waals surface area contributed by atoms with Gasteiger partial charge in [-0.05, 0) is 49.3 Å². The van der Waals surface area contributed by atoms with Crippen LogP contribution in [-0.4, -0.2) is 45.7 Å². The molecule has 2 saturated carbocycles. The summed E-state index contributed by atoms with van der Waals surface area (Å²) in [7, 11) is 0. The molecule has 2 amide bonds. The minimum absolute atomic E-state index is 0.0459. The molecule has 31 heavy (non-hydrogen) atoms. The lowest BCUT2D eigenvalue weighted by molar-refractivity contribution is -0.142. The van der Waals surface area contributed by atoms with Crippen LogP contribution in [0.1, 0.15) is 36.8 Å². The van der Waals surface area contributed by atoms with Crippen molar-refractivity contribution in [3.8, 4) is 0 Å². The van der Waals surface area contributed by atoms with Crippen LogP contribution in [-0.2, 0) is 22.6 Å². The van der Waals surface area contributed by atoms with E-state index in [2.05, 4.69) is 29.2 Å². The Kier molecular flexibility index (Phi) is 5.49. The smallest absolute Gasteiger partial charge is 0.242 e. The summed E-state index contributed by atoms with van der Waals surface area (Å²) in [4.78, 5) is 33.2. The average molecular weight is 416 g/mol. The van der Waals surface area contributed by atoms with Gasteiger partial charge in [-0.3, -0.25) is 9.59 Å². The Bertz CT molecular complexity index is 1070. The highest BCUT2D eigenvalue weighted by molar-refractivity contribution is 5.88. The number of nitrogens with one attached hydrogen (secondary N) is 1. The van der Waals surface area contributed by atoms with E-state index in [1.54, 1.807) is 0 Å². The molecule has 1 aromatic heterocycles. The van der Waals surface area contributed by atoms with Gasteiger partial charge in [0.25, 0.3) is 0 Å². The first-order valence-electron chi connectivity index (χ1n) is 11.4. The number of rotatable bonds is 9. The largest absolute Gasteiger partial charge is 0.361 e. The quantitative estimate of drug-likeness (QED) is 0.571. The minimum atomic E-state index is 0.0459.